The van der Waals surface area contributed by atoms with Gasteiger partial charge in [0.1, 0.15) is 77.8 Å². The monoisotopic (exact) mass is 1280 g/mol. The van der Waals surface area contributed by atoms with Gasteiger partial charge in [-0.2, -0.15) is 0 Å². The molecule has 1 aromatic carbocycles. The van der Waals surface area contributed by atoms with Gasteiger partial charge in [0.05, 0.1) is 30.8 Å². The molecule has 0 aromatic heterocycles. The van der Waals surface area contributed by atoms with Crippen molar-refractivity contribution in [3.8, 4) is 17.2 Å². The number of rotatable bonds is 5. The van der Waals surface area contributed by atoms with Crippen LogP contribution in [0, 0.1) is 31.6 Å². The first-order chi connectivity index (χ1) is 43.0. The van der Waals surface area contributed by atoms with Gasteiger partial charge in [0.2, 0.25) is 52.7 Å². The number of benzene rings is 2. The topological polar surface area (TPSA) is 380 Å². The summed E-state index contributed by atoms with van der Waals surface area (Å²) in [6.07, 6.45) is -5.16. The Hall–Kier alpha value is -9.09. The molecular formula is C62H81N11O19. The first-order valence-electron chi connectivity index (χ1n) is 30.5. The van der Waals surface area contributed by atoms with E-state index in [9.17, 15) is 62.6 Å². The van der Waals surface area contributed by atoms with E-state index in [1.165, 1.54) is 72.9 Å². The van der Waals surface area contributed by atoms with Crippen LogP contribution in [-0.4, -0.2) is 243 Å². The number of nitrogens with one attached hydrogen (secondary N) is 4. The molecule has 6 heterocycles. The summed E-state index contributed by atoms with van der Waals surface area (Å²) in [6.45, 7) is 16.2. The van der Waals surface area contributed by atoms with Gasteiger partial charge in [-0.15, -0.1) is 0 Å². The van der Waals surface area contributed by atoms with Crippen molar-refractivity contribution in [1.29, 1.82) is 0 Å². The fraction of sp³-hybridized carbons (Fsp3) is 0.597. The van der Waals surface area contributed by atoms with E-state index < -0.39 is 222 Å². The Kier molecular flexibility index (Phi) is 19.9. The molecule has 498 valence electrons. The minimum Gasteiger partial charge on any atom is -0.485 e. The average molecular weight is 1280 g/mol. The van der Waals surface area contributed by atoms with Crippen molar-refractivity contribution in [2.24, 2.45) is 17.8 Å². The number of likely N-dealkylation sites (N-methyl/N-ethyl adjacent to an activating group) is 4. The van der Waals surface area contributed by atoms with Gasteiger partial charge in [-0.3, -0.25) is 57.5 Å². The largest absolute Gasteiger partial charge is 0.485 e. The first kappa shape index (κ1) is 68.8. The molecule has 4 fully saturated rings. The van der Waals surface area contributed by atoms with Gasteiger partial charge in [-0.05, 0) is 77.3 Å². The second kappa shape index (κ2) is 26.6. The number of fused-ring (bicyclic) bond motifs is 7. The Balaban J connectivity index is 1.22. The summed E-state index contributed by atoms with van der Waals surface area (Å²) in [5, 5.41) is 21.8. The van der Waals surface area contributed by atoms with Crippen molar-refractivity contribution in [2.75, 3.05) is 47.9 Å². The van der Waals surface area contributed by atoms with Crippen LogP contribution in [-0.2, 0) is 62.2 Å². The normalized spacial score (nSPS) is 29.0. The molecule has 6 aliphatic heterocycles. The maximum absolute atomic E-state index is 15.2. The van der Waals surface area contributed by atoms with Crippen molar-refractivity contribution >= 4 is 87.9 Å². The van der Waals surface area contributed by atoms with Crippen molar-refractivity contribution in [3.05, 3.63) is 44.6 Å². The number of nitrogens with zero attached hydrogens (tertiary/aromatic N) is 7. The molecule has 0 radical (unpaired) electrons. The summed E-state index contributed by atoms with van der Waals surface area (Å²) in [5.74, 6) is -14.7. The van der Waals surface area contributed by atoms with Crippen molar-refractivity contribution in [1.82, 2.24) is 55.7 Å². The molecule has 30 heteroatoms. The van der Waals surface area contributed by atoms with Gasteiger partial charge in [0.25, 0.3) is 11.8 Å². The predicted molar refractivity (Wildman–Crippen MR) is 323 cm³/mol. The third kappa shape index (κ3) is 12.8. The number of carbonyl (C=O) groups is 13. The lowest BCUT2D eigenvalue weighted by atomic mass is 9.97. The van der Waals surface area contributed by atoms with Crippen LogP contribution < -0.4 is 31.4 Å². The van der Waals surface area contributed by atoms with Gasteiger partial charge in [0.15, 0.2) is 29.0 Å². The van der Waals surface area contributed by atoms with Crippen molar-refractivity contribution in [2.45, 2.75) is 175 Å². The maximum Gasteiger partial charge on any atom is 0.329 e. The molecule has 13 atom stereocenters. The van der Waals surface area contributed by atoms with Crippen LogP contribution >= 0.6 is 0 Å². The summed E-state index contributed by atoms with van der Waals surface area (Å²) >= 11 is 0. The summed E-state index contributed by atoms with van der Waals surface area (Å²) in [5.41, 5.74) is -2.50. The number of aliphatic hydroxyl groups excluding tert-OH is 1. The molecule has 92 heavy (non-hydrogen) atoms. The standard InChI is InChI=1S/C62H81N11O19/c1-24(2)41-58(84)72-28(8)19-36(75)48(72)60(86)69(14)22-39(77)71(16)47(26(5)6)62(88)90-32(12)43(55(81)64-41)66-53(79)33-18-17-27(7)50-44(33)63-46-40-52(49(78)29(9)51(46)92-50)89-23-37-45(67-54(40)80)56(82)65-42(25(3)4)59(85)73-30(10)35(74)20-34(73)57(83)68(13)21-38(76)70(15)31(11)61(87)91-37/h17-18,24-26,28,30-32,34,36-37,41-43,45,47-48,75H,19-23H2,1-16H3,(H,64,81)(H,65,82)(H,66,79)(H,67,80)/t28-,30-,31-,32+,34+,36-,37+,41+,42+,43-,45+,47-,48-/m0/s1. The number of aryl methyl sites for hydroxylation is 1. The smallest absolute Gasteiger partial charge is 0.329 e. The molecule has 5 N–H and O–H groups in total. The molecule has 0 unspecified atom stereocenters. The lowest BCUT2D eigenvalue weighted by Gasteiger charge is -2.37. The van der Waals surface area contributed by atoms with Crippen molar-refractivity contribution < 1.29 is 86.1 Å². The van der Waals surface area contributed by atoms with E-state index in [4.69, 9.17) is 23.6 Å². The number of aliphatic hydroxyl groups is 1. The lowest BCUT2D eigenvalue weighted by molar-refractivity contribution is -0.163. The van der Waals surface area contributed by atoms with Crippen LogP contribution in [0.25, 0.3) is 22.6 Å². The van der Waals surface area contributed by atoms with Crippen LogP contribution in [0.3, 0.4) is 0 Å². The first-order valence-corrected chi connectivity index (χ1v) is 30.5. The molecule has 0 saturated carbocycles. The molecule has 10 amide bonds. The lowest BCUT2D eigenvalue weighted by Crippen LogP contribution is -2.63. The van der Waals surface area contributed by atoms with Gasteiger partial charge in [0, 0.05) is 46.2 Å². The fourth-order valence-electron chi connectivity index (χ4n) is 12.4. The highest BCUT2D eigenvalue weighted by atomic mass is 16.6. The molecule has 4 saturated heterocycles. The number of esters is 2. The molecule has 1 aliphatic carbocycles. The summed E-state index contributed by atoms with van der Waals surface area (Å²) in [4.78, 5) is 212. The number of ether oxygens (including phenoxy) is 3. The Bertz CT molecular complexity index is 3600. The zero-order valence-corrected chi connectivity index (χ0v) is 54.4. The highest BCUT2D eigenvalue weighted by Gasteiger charge is 2.52. The summed E-state index contributed by atoms with van der Waals surface area (Å²) in [7, 11) is 5.20. The second-order valence-electron chi connectivity index (χ2n) is 25.7. The molecule has 8 rings (SSSR count). The molecule has 1 aromatic rings. The Morgan fingerprint density at radius 3 is 1.89 bits per heavy atom. The van der Waals surface area contributed by atoms with Gasteiger partial charge in [-0.25, -0.2) is 14.6 Å². The third-order valence-electron chi connectivity index (χ3n) is 18.1. The Morgan fingerprint density at radius 2 is 1.28 bits per heavy atom. The zero-order valence-electron chi connectivity index (χ0n) is 54.4. The summed E-state index contributed by atoms with van der Waals surface area (Å²) in [6, 6.07) is -11.4. The fourth-order valence-corrected chi connectivity index (χ4v) is 12.4. The van der Waals surface area contributed by atoms with Crippen LogP contribution in [0.2, 0.25) is 0 Å². The highest BCUT2D eigenvalue weighted by molar-refractivity contribution is 6.10. The number of ketones is 1. The number of carbonyl (C=O) groups excluding carboxylic acids is 13. The molecule has 7 aliphatic rings. The average Bonchev–Trinajstić information content (AvgIpc) is 0.977. The van der Waals surface area contributed by atoms with Crippen LogP contribution in [0.5, 0.6) is 5.75 Å². The number of amides is 10. The number of aromatic nitrogens is 1. The number of Topliss-reactive ketones (excluding diaryl/α,β-unsaturated/α-hetero) is 1. The van der Waals surface area contributed by atoms with E-state index in [-0.39, 0.29) is 34.4 Å². The van der Waals surface area contributed by atoms with E-state index in [0.717, 1.165) is 24.5 Å². The van der Waals surface area contributed by atoms with E-state index in [0.29, 0.717) is 5.56 Å². The van der Waals surface area contributed by atoms with Gasteiger partial charge in [-0.1, -0.05) is 47.6 Å². The zero-order chi connectivity index (χ0) is 68.3. The van der Waals surface area contributed by atoms with E-state index >= 15 is 9.59 Å². The quantitative estimate of drug-likeness (QED) is 0.148. The third-order valence-corrected chi connectivity index (χ3v) is 18.1. The molecule has 30 nitrogen and oxygen atoms in total. The Morgan fingerprint density at radius 1 is 0.696 bits per heavy atom. The minimum atomic E-state index is -1.97. The molecular weight excluding hydrogens is 1200 g/mol. The molecule has 0 bridgehead atoms. The van der Waals surface area contributed by atoms with Crippen LogP contribution in [0.15, 0.2) is 21.3 Å². The summed E-state index contributed by atoms with van der Waals surface area (Å²) < 4.78 is 24.4. The van der Waals surface area contributed by atoms with E-state index in [1.54, 1.807) is 55.4 Å². The second-order valence-corrected chi connectivity index (χ2v) is 25.7. The SMILES string of the molecule is Cc1c2oc3c(C)ccc(C(=O)N[C@@H]4C(=O)N[C@H](C(C)C)C(=O)N5[C@H](C(=O)N(C)CC(=O)N(C)[C@@H](C(C)C)C(=O)O[C@@H]4C)[C@@H](O)C[C@@H]5C)c3nc-2c2c(c1=O)OC[C@H]1OC(=O)[C@H](C)N(C)C(=O)CN(C)C(=O)[C@H]3CC(=O)[C@H](C)N3C(=O)[C@@H](C(C)C)NC(=O)[C@@H]1NC2=O. The Labute approximate surface area is 530 Å². The molecule has 0 spiro atoms. The maximum atomic E-state index is 15.2. The van der Waals surface area contributed by atoms with Crippen molar-refractivity contribution in [3.63, 3.8) is 0 Å². The van der Waals surface area contributed by atoms with E-state index in [2.05, 4.69) is 21.3 Å². The number of hydrogen-bond donors (Lipinski definition) is 5. The number of cyclic esters (lactones) is 1. The predicted octanol–water partition coefficient (Wildman–Crippen LogP) is -1.19. The minimum absolute atomic E-state index is 0.0254. The van der Waals surface area contributed by atoms with Crippen LogP contribution in [0.4, 0.5) is 0 Å². The van der Waals surface area contributed by atoms with E-state index in [1.807, 2.05) is 0 Å². The van der Waals surface area contributed by atoms with Crippen LogP contribution in [0.1, 0.15) is 114 Å². The highest BCUT2D eigenvalue weighted by Crippen LogP contribution is 2.38. The van der Waals surface area contributed by atoms with Gasteiger partial charge < -0.3 is 74.4 Å². The van der Waals surface area contributed by atoms with Gasteiger partial charge >= 0.3 is 11.9 Å². The number of hydrogen-bond acceptors (Lipinski definition) is 20.